The lowest BCUT2D eigenvalue weighted by Crippen LogP contribution is -2.02. The monoisotopic (exact) mass is 291 g/mol. The fourth-order valence-electron chi connectivity index (χ4n) is 2.00. The number of hydrogen-bond acceptors (Lipinski definition) is 3. The molecule has 0 saturated carbocycles. The maximum atomic E-state index is 5.96. The molecule has 0 aliphatic heterocycles. The summed E-state index contributed by atoms with van der Waals surface area (Å²) in [7, 11) is 3.26. The summed E-state index contributed by atoms with van der Waals surface area (Å²) in [5.74, 6) is 1.44. The van der Waals surface area contributed by atoms with E-state index in [1.807, 2.05) is 36.4 Å². The average Bonchev–Trinajstić information content (AvgIpc) is 2.46. The van der Waals surface area contributed by atoms with Crippen molar-refractivity contribution in [1.82, 2.24) is 0 Å². The highest BCUT2D eigenvalue weighted by Gasteiger charge is 2.05. The standard InChI is InChI=1S/C16H18ClNO2/c1-11-8-13(17)5-4-12(11)10-18-14-6-7-15(19-2)16(9-14)20-3/h4-9,18H,10H2,1-3H3. The molecule has 106 valence electrons. The molecule has 0 aliphatic carbocycles. The molecule has 0 amide bonds. The Morgan fingerprint density at radius 1 is 1.00 bits per heavy atom. The first-order chi connectivity index (χ1) is 9.63. The first-order valence-electron chi connectivity index (χ1n) is 6.35. The molecule has 2 aromatic carbocycles. The summed E-state index contributed by atoms with van der Waals surface area (Å²) < 4.78 is 10.5. The Labute approximate surface area is 124 Å². The largest absolute Gasteiger partial charge is 0.493 e. The van der Waals surface area contributed by atoms with Gasteiger partial charge in [-0.05, 0) is 42.3 Å². The van der Waals surface area contributed by atoms with E-state index in [1.165, 1.54) is 11.1 Å². The molecule has 2 aromatic rings. The molecule has 3 nitrogen and oxygen atoms in total. The van der Waals surface area contributed by atoms with Crippen LogP contribution in [0.15, 0.2) is 36.4 Å². The Morgan fingerprint density at radius 3 is 2.40 bits per heavy atom. The highest BCUT2D eigenvalue weighted by molar-refractivity contribution is 6.30. The fraction of sp³-hybridized carbons (Fsp3) is 0.250. The van der Waals surface area contributed by atoms with Gasteiger partial charge in [0.05, 0.1) is 14.2 Å². The number of benzene rings is 2. The van der Waals surface area contributed by atoms with Crippen LogP contribution < -0.4 is 14.8 Å². The quantitative estimate of drug-likeness (QED) is 0.892. The zero-order chi connectivity index (χ0) is 14.5. The number of nitrogens with one attached hydrogen (secondary N) is 1. The van der Waals surface area contributed by atoms with Crippen LogP contribution in [0.5, 0.6) is 11.5 Å². The Hall–Kier alpha value is -1.87. The van der Waals surface area contributed by atoms with Crippen molar-refractivity contribution in [2.45, 2.75) is 13.5 Å². The van der Waals surface area contributed by atoms with Gasteiger partial charge < -0.3 is 14.8 Å². The number of halogens is 1. The number of methoxy groups -OCH3 is 2. The van der Waals surface area contributed by atoms with Gasteiger partial charge in [-0.2, -0.15) is 0 Å². The van der Waals surface area contributed by atoms with Crippen LogP contribution in [-0.4, -0.2) is 14.2 Å². The summed E-state index contributed by atoms with van der Waals surface area (Å²) in [4.78, 5) is 0. The van der Waals surface area contributed by atoms with Crippen molar-refractivity contribution in [2.24, 2.45) is 0 Å². The zero-order valence-electron chi connectivity index (χ0n) is 11.9. The summed E-state index contributed by atoms with van der Waals surface area (Å²) >= 11 is 5.96. The van der Waals surface area contributed by atoms with Crippen molar-refractivity contribution >= 4 is 17.3 Å². The van der Waals surface area contributed by atoms with Crippen LogP contribution >= 0.6 is 11.6 Å². The molecular weight excluding hydrogens is 274 g/mol. The smallest absolute Gasteiger partial charge is 0.162 e. The highest BCUT2D eigenvalue weighted by atomic mass is 35.5. The summed E-state index contributed by atoms with van der Waals surface area (Å²) in [5, 5.41) is 4.13. The van der Waals surface area contributed by atoms with Gasteiger partial charge >= 0.3 is 0 Å². The van der Waals surface area contributed by atoms with Crippen LogP contribution in [0, 0.1) is 6.92 Å². The molecule has 0 aliphatic rings. The second-order valence-corrected chi connectivity index (χ2v) is 4.93. The van der Waals surface area contributed by atoms with Gasteiger partial charge in [0, 0.05) is 23.3 Å². The number of hydrogen-bond donors (Lipinski definition) is 1. The van der Waals surface area contributed by atoms with Gasteiger partial charge in [0.2, 0.25) is 0 Å². The van der Waals surface area contributed by atoms with Crippen LogP contribution in [0.1, 0.15) is 11.1 Å². The molecular formula is C16H18ClNO2. The van der Waals surface area contributed by atoms with Crippen molar-refractivity contribution in [1.29, 1.82) is 0 Å². The van der Waals surface area contributed by atoms with Crippen LogP contribution in [0.3, 0.4) is 0 Å². The third kappa shape index (κ3) is 3.36. The van der Waals surface area contributed by atoms with Crippen molar-refractivity contribution in [3.05, 3.63) is 52.5 Å². The Bertz CT molecular complexity index is 599. The SMILES string of the molecule is COc1ccc(NCc2ccc(Cl)cc2C)cc1OC. The van der Waals surface area contributed by atoms with Crippen molar-refractivity contribution in [2.75, 3.05) is 19.5 Å². The predicted octanol–water partition coefficient (Wildman–Crippen LogP) is 4.28. The minimum atomic E-state index is 0.713. The molecule has 0 fully saturated rings. The van der Waals surface area contributed by atoms with Gasteiger partial charge in [-0.25, -0.2) is 0 Å². The number of rotatable bonds is 5. The van der Waals surface area contributed by atoms with Crippen LogP contribution in [0.4, 0.5) is 5.69 Å². The van der Waals surface area contributed by atoms with Crippen molar-refractivity contribution in [3.63, 3.8) is 0 Å². The van der Waals surface area contributed by atoms with Crippen LogP contribution in [0.2, 0.25) is 5.02 Å². The summed E-state index contributed by atoms with van der Waals surface area (Å²) in [5.41, 5.74) is 3.37. The number of aryl methyl sites for hydroxylation is 1. The molecule has 0 radical (unpaired) electrons. The van der Waals surface area contributed by atoms with Gasteiger partial charge in [0.25, 0.3) is 0 Å². The Balaban J connectivity index is 2.10. The summed E-state index contributed by atoms with van der Waals surface area (Å²) in [6.07, 6.45) is 0. The van der Waals surface area contributed by atoms with E-state index in [1.54, 1.807) is 14.2 Å². The van der Waals surface area contributed by atoms with Crippen molar-refractivity contribution < 1.29 is 9.47 Å². The predicted molar refractivity (Wildman–Crippen MR) is 83.1 cm³/mol. The van der Waals surface area contributed by atoms with E-state index < -0.39 is 0 Å². The molecule has 0 atom stereocenters. The maximum absolute atomic E-state index is 5.96. The van der Waals surface area contributed by atoms with Gasteiger partial charge in [-0.3, -0.25) is 0 Å². The van der Waals surface area contributed by atoms with E-state index in [2.05, 4.69) is 12.2 Å². The molecule has 0 unspecified atom stereocenters. The first kappa shape index (κ1) is 14.5. The highest BCUT2D eigenvalue weighted by Crippen LogP contribution is 2.30. The molecule has 20 heavy (non-hydrogen) atoms. The molecule has 0 spiro atoms. The molecule has 1 N–H and O–H groups in total. The van der Waals surface area contributed by atoms with Crippen LogP contribution in [0.25, 0.3) is 0 Å². The third-order valence-corrected chi connectivity index (χ3v) is 3.41. The lowest BCUT2D eigenvalue weighted by Gasteiger charge is -2.12. The minimum Gasteiger partial charge on any atom is -0.493 e. The van der Waals surface area contributed by atoms with Gasteiger partial charge in [-0.15, -0.1) is 0 Å². The maximum Gasteiger partial charge on any atom is 0.162 e. The topological polar surface area (TPSA) is 30.5 Å². The molecule has 0 saturated heterocycles. The number of anilines is 1. The molecule has 0 bridgehead atoms. The molecule has 0 heterocycles. The van der Waals surface area contributed by atoms with Gasteiger partial charge in [0.15, 0.2) is 11.5 Å². The van der Waals surface area contributed by atoms with E-state index in [-0.39, 0.29) is 0 Å². The fourth-order valence-corrected chi connectivity index (χ4v) is 2.23. The van der Waals surface area contributed by atoms with E-state index >= 15 is 0 Å². The lowest BCUT2D eigenvalue weighted by atomic mass is 10.1. The normalized spacial score (nSPS) is 10.2. The Morgan fingerprint density at radius 2 is 1.75 bits per heavy atom. The second-order valence-electron chi connectivity index (χ2n) is 4.49. The minimum absolute atomic E-state index is 0.713. The van der Waals surface area contributed by atoms with Gasteiger partial charge in [0.1, 0.15) is 0 Å². The zero-order valence-corrected chi connectivity index (χ0v) is 12.6. The Kier molecular flexibility index (Phi) is 4.74. The van der Waals surface area contributed by atoms with E-state index in [9.17, 15) is 0 Å². The van der Waals surface area contributed by atoms with Crippen molar-refractivity contribution in [3.8, 4) is 11.5 Å². The first-order valence-corrected chi connectivity index (χ1v) is 6.72. The summed E-state index contributed by atoms with van der Waals surface area (Å²) in [6, 6.07) is 11.7. The molecule has 0 aromatic heterocycles. The van der Waals surface area contributed by atoms with Crippen LogP contribution in [-0.2, 0) is 6.54 Å². The second kappa shape index (κ2) is 6.53. The molecule has 2 rings (SSSR count). The average molecular weight is 292 g/mol. The van der Waals surface area contributed by atoms with E-state index in [4.69, 9.17) is 21.1 Å². The lowest BCUT2D eigenvalue weighted by molar-refractivity contribution is 0.355. The van der Waals surface area contributed by atoms with E-state index in [0.717, 1.165) is 23.0 Å². The van der Waals surface area contributed by atoms with E-state index in [0.29, 0.717) is 5.75 Å². The van der Waals surface area contributed by atoms with Gasteiger partial charge in [-0.1, -0.05) is 17.7 Å². The third-order valence-electron chi connectivity index (χ3n) is 3.17. The molecule has 4 heteroatoms. The number of ether oxygens (including phenoxy) is 2. The summed E-state index contributed by atoms with van der Waals surface area (Å²) in [6.45, 7) is 2.79.